The molecule has 0 fully saturated rings. The van der Waals surface area contributed by atoms with Crippen molar-refractivity contribution in [3.8, 4) is 0 Å². The third kappa shape index (κ3) is 1.28. The van der Waals surface area contributed by atoms with Crippen molar-refractivity contribution in [2.45, 2.75) is 26.3 Å². The number of fused-ring (bicyclic) bond motifs is 1. The van der Waals surface area contributed by atoms with E-state index >= 15 is 0 Å². The van der Waals surface area contributed by atoms with Crippen LogP contribution in [0.2, 0.25) is 0 Å². The summed E-state index contributed by atoms with van der Waals surface area (Å²) in [6.45, 7) is 4.33. The van der Waals surface area contributed by atoms with Crippen LogP contribution in [-0.4, -0.2) is 19.7 Å². The largest absolute Gasteiger partial charge is 0.326 e. The van der Waals surface area contributed by atoms with Gasteiger partial charge in [0, 0.05) is 6.04 Å². The SMILES string of the molecule is CCC(C)n1cnc2cnncc21. The van der Waals surface area contributed by atoms with Crippen molar-refractivity contribution in [1.82, 2.24) is 19.7 Å². The quantitative estimate of drug-likeness (QED) is 0.700. The molecule has 4 nitrogen and oxygen atoms in total. The van der Waals surface area contributed by atoms with Crippen LogP contribution in [0, 0.1) is 0 Å². The Labute approximate surface area is 76.6 Å². The molecule has 2 heterocycles. The lowest BCUT2D eigenvalue weighted by molar-refractivity contribution is 0.544. The fraction of sp³-hybridized carbons (Fsp3) is 0.444. The number of imidazole rings is 1. The molecule has 0 aliphatic rings. The zero-order valence-corrected chi connectivity index (χ0v) is 7.81. The zero-order valence-electron chi connectivity index (χ0n) is 7.81. The number of hydrogen-bond acceptors (Lipinski definition) is 3. The smallest absolute Gasteiger partial charge is 0.110 e. The molecule has 0 aliphatic heterocycles. The summed E-state index contributed by atoms with van der Waals surface area (Å²) in [7, 11) is 0. The molecule has 0 amide bonds. The molecule has 1 unspecified atom stereocenters. The van der Waals surface area contributed by atoms with Gasteiger partial charge in [-0.15, -0.1) is 0 Å². The first-order valence-electron chi connectivity index (χ1n) is 4.46. The van der Waals surface area contributed by atoms with E-state index in [0.29, 0.717) is 6.04 Å². The van der Waals surface area contributed by atoms with E-state index < -0.39 is 0 Å². The molecule has 0 aromatic carbocycles. The third-order valence-corrected chi connectivity index (χ3v) is 2.35. The van der Waals surface area contributed by atoms with Crippen molar-refractivity contribution in [2.75, 3.05) is 0 Å². The van der Waals surface area contributed by atoms with Crippen LogP contribution in [0.5, 0.6) is 0 Å². The van der Waals surface area contributed by atoms with Crippen molar-refractivity contribution in [2.24, 2.45) is 0 Å². The molecule has 0 radical (unpaired) electrons. The van der Waals surface area contributed by atoms with Gasteiger partial charge in [0.1, 0.15) is 5.52 Å². The second-order valence-electron chi connectivity index (χ2n) is 3.17. The molecule has 0 saturated heterocycles. The maximum absolute atomic E-state index is 4.25. The van der Waals surface area contributed by atoms with Gasteiger partial charge in [0.2, 0.25) is 0 Å². The van der Waals surface area contributed by atoms with Gasteiger partial charge in [0.05, 0.1) is 24.2 Å². The van der Waals surface area contributed by atoms with Gasteiger partial charge >= 0.3 is 0 Å². The molecule has 13 heavy (non-hydrogen) atoms. The van der Waals surface area contributed by atoms with Crippen LogP contribution in [0.15, 0.2) is 18.7 Å². The van der Waals surface area contributed by atoms with E-state index in [-0.39, 0.29) is 0 Å². The predicted molar refractivity (Wildman–Crippen MR) is 50.3 cm³/mol. The Kier molecular flexibility index (Phi) is 1.96. The van der Waals surface area contributed by atoms with Gasteiger partial charge in [-0.1, -0.05) is 6.92 Å². The average molecular weight is 176 g/mol. The summed E-state index contributed by atoms with van der Waals surface area (Å²) in [5.41, 5.74) is 1.97. The lowest BCUT2D eigenvalue weighted by Gasteiger charge is -2.10. The number of rotatable bonds is 2. The van der Waals surface area contributed by atoms with Crippen molar-refractivity contribution < 1.29 is 0 Å². The van der Waals surface area contributed by atoms with E-state index in [9.17, 15) is 0 Å². The Hall–Kier alpha value is -1.45. The minimum atomic E-state index is 0.467. The fourth-order valence-corrected chi connectivity index (χ4v) is 1.34. The Bertz CT molecular complexity index is 407. The van der Waals surface area contributed by atoms with Crippen molar-refractivity contribution in [3.05, 3.63) is 18.7 Å². The average Bonchev–Trinajstić information content (AvgIpc) is 2.60. The minimum Gasteiger partial charge on any atom is -0.326 e. The molecule has 2 aromatic heterocycles. The van der Waals surface area contributed by atoms with Crippen molar-refractivity contribution >= 4 is 11.0 Å². The summed E-state index contributed by atoms with van der Waals surface area (Å²) in [4.78, 5) is 4.25. The Morgan fingerprint density at radius 3 is 2.92 bits per heavy atom. The molecule has 1 atom stereocenters. The standard InChI is InChI=1S/C9H12N4/c1-3-7(2)13-6-10-8-4-11-12-5-9(8)13/h4-7H,3H2,1-2H3. The Morgan fingerprint density at radius 1 is 1.38 bits per heavy atom. The summed E-state index contributed by atoms with van der Waals surface area (Å²) < 4.78 is 2.13. The first kappa shape index (κ1) is 8.16. The summed E-state index contributed by atoms with van der Waals surface area (Å²) in [5, 5.41) is 7.64. The lowest BCUT2D eigenvalue weighted by Crippen LogP contribution is -2.01. The molecule has 68 valence electrons. The van der Waals surface area contributed by atoms with E-state index in [1.165, 1.54) is 0 Å². The van der Waals surface area contributed by atoms with Crippen LogP contribution in [0.4, 0.5) is 0 Å². The number of nitrogens with zero attached hydrogens (tertiary/aromatic N) is 4. The first-order chi connectivity index (χ1) is 6.33. The second kappa shape index (κ2) is 3.12. The van der Waals surface area contributed by atoms with Crippen molar-refractivity contribution in [3.63, 3.8) is 0 Å². The lowest BCUT2D eigenvalue weighted by atomic mass is 10.2. The van der Waals surface area contributed by atoms with Crippen LogP contribution in [0.3, 0.4) is 0 Å². The fourth-order valence-electron chi connectivity index (χ4n) is 1.34. The molecular formula is C9H12N4. The number of aromatic nitrogens is 4. The van der Waals surface area contributed by atoms with Crippen LogP contribution in [0.1, 0.15) is 26.3 Å². The van der Waals surface area contributed by atoms with Crippen LogP contribution >= 0.6 is 0 Å². The van der Waals surface area contributed by atoms with E-state index in [1.54, 1.807) is 12.4 Å². The normalized spacial score (nSPS) is 13.4. The predicted octanol–water partition coefficient (Wildman–Crippen LogP) is 1.80. The Balaban J connectivity index is 2.57. The molecule has 0 N–H and O–H groups in total. The topological polar surface area (TPSA) is 43.6 Å². The highest BCUT2D eigenvalue weighted by molar-refractivity contribution is 5.72. The van der Waals surface area contributed by atoms with Gasteiger partial charge in [0.15, 0.2) is 0 Å². The molecule has 2 rings (SSSR count). The zero-order chi connectivity index (χ0) is 9.26. The van der Waals surface area contributed by atoms with Crippen LogP contribution in [0.25, 0.3) is 11.0 Å². The molecular weight excluding hydrogens is 164 g/mol. The summed E-state index contributed by atoms with van der Waals surface area (Å²) in [6.07, 6.45) is 6.39. The first-order valence-corrected chi connectivity index (χ1v) is 4.46. The molecule has 0 bridgehead atoms. The third-order valence-electron chi connectivity index (χ3n) is 2.35. The van der Waals surface area contributed by atoms with Gasteiger partial charge in [-0.2, -0.15) is 10.2 Å². The van der Waals surface area contributed by atoms with E-state index in [1.807, 2.05) is 6.33 Å². The maximum Gasteiger partial charge on any atom is 0.110 e. The highest BCUT2D eigenvalue weighted by Crippen LogP contribution is 2.17. The van der Waals surface area contributed by atoms with Gasteiger partial charge < -0.3 is 4.57 Å². The maximum atomic E-state index is 4.25. The molecule has 0 aliphatic carbocycles. The second-order valence-corrected chi connectivity index (χ2v) is 3.17. The summed E-state index contributed by atoms with van der Waals surface area (Å²) >= 11 is 0. The monoisotopic (exact) mass is 176 g/mol. The molecule has 4 heteroatoms. The number of hydrogen-bond donors (Lipinski definition) is 0. The summed E-state index contributed by atoms with van der Waals surface area (Å²) in [5.74, 6) is 0. The van der Waals surface area contributed by atoms with Crippen LogP contribution < -0.4 is 0 Å². The molecule has 0 spiro atoms. The highest BCUT2D eigenvalue weighted by Gasteiger charge is 2.06. The van der Waals surface area contributed by atoms with E-state index in [4.69, 9.17) is 0 Å². The molecule has 0 saturated carbocycles. The van der Waals surface area contributed by atoms with Gasteiger partial charge in [-0.05, 0) is 13.3 Å². The van der Waals surface area contributed by atoms with Crippen LogP contribution in [-0.2, 0) is 0 Å². The van der Waals surface area contributed by atoms with Gasteiger partial charge in [0.25, 0.3) is 0 Å². The molecule has 2 aromatic rings. The Morgan fingerprint density at radius 2 is 2.15 bits per heavy atom. The summed E-state index contributed by atoms with van der Waals surface area (Å²) in [6, 6.07) is 0.467. The minimum absolute atomic E-state index is 0.467. The highest BCUT2D eigenvalue weighted by atomic mass is 15.1. The van der Waals surface area contributed by atoms with Crippen molar-refractivity contribution in [1.29, 1.82) is 0 Å². The van der Waals surface area contributed by atoms with E-state index in [0.717, 1.165) is 17.5 Å². The van der Waals surface area contributed by atoms with Gasteiger partial charge in [-0.3, -0.25) is 0 Å². The van der Waals surface area contributed by atoms with Gasteiger partial charge in [-0.25, -0.2) is 4.98 Å². The van der Waals surface area contributed by atoms with E-state index in [2.05, 4.69) is 33.6 Å².